The highest BCUT2D eigenvalue weighted by Gasteiger charge is 2.61. The Kier molecular flexibility index (Phi) is 1.24. The maximum atomic E-state index is 6.21. The first-order valence-corrected chi connectivity index (χ1v) is 4.24. The van der Waals surface area contributed by atoms with Crippen molar-refractivity contribution in [1.29, 1.82) is 0 Å². The highest BCUT2D eigenvalue weighted by atomic mass is 15.1. The summed E-state index contributed by atoms with van der Waals surface area (Å²) in [4.78, 5) is 4.28. The van der Waals surface area contributed by atoms with Crippen LogP contribution in [0.25, 0.3) is 0 Å². The Morgan fingerprint density at radius 2 is 2.17 bits per heavy atom. The first kappa shape index (κ1) is 7.80. The number of hydrogen-bond acceptors (Lipinski definition) is 2. The van der Waals surface area contributed by atoms with Gasteiger partial charge < -0.3 is 10.3 Å². The van der Waals surface area contributed by atoms with Gasteiger partial charge in [-0.05, 0) is 11.8 Å². The van der Waals surface area contributed by atoms with E-state index in [0.29, 0.717) is 0 Å². The standard InChI is InChI=1S/C9H15N3/c1-8(2)6-9(8,10)7-11-4-5-12(7)3/h4-5H,6,10H2,1-3H3. The van der Waals surface area contributed by atoms with Gasteiger partial charge in [-0.3, -0.25) is 0 Å². The Balaban J connectivity index is 2.40. The molecule has 12 heavy (non-hydrogen) atoms. The van der Waals surface area contributed by atoms with E-state index >= 15 is 0 Å². The maximum Gasteiger partial charge on any atom is 0.129 e. The van der Waals surface area contributed by atoms with Gasteiger partial charge >= 0.3 is 0 Å². The molecule has 1 fully saturated rings. The zero-order valence-electron chi connectivity index (χ0n) is 7.83. The molecular formula is C9H15N3. The van der Waals surface area contributed by atoms with Crippen LogP contribution in [0.2, 0.25) is 0 Å². The van der Waals surface area contributed by atoms with Crippen LogP contribution in [0.5, 0.6) is 0 Å². The summed E-state index contributed by atoms with van der Waals surface area (Å²) in [6.45, 7) is 4.36. The molecule has 1 saturated carbocycles. The van der Waals surface area contributed by atoms with E-state index in [2.05, 4.69) is 18.8 Å². The lowest BCUT2D eigenvalue weighted by Crippen LogP contribution is -2.28. The molecule has 2 rings (SSSR count). The maximum absolute atomic E-state index is 6.21. The molecule has 0 amide bonds. The molecule has 1 heterocycles. The van der Waals surface area contributed by atoms with Crippen LogP contribution in [0, 0.1) is 5.41 Å². The van der Waals surface area contributed by atoms with Crippen LogP contribution in [0.1, 0.15) is 26.1 Å². The van der Waals surface area contributed by atoms with E-state index in [1.165, 1.54) is 0 Å². The van der Waals surface area contributed by atoms with Crippen LogP contribution < -0.4 is 5.73 Å². The number of hydrogen-bond donors (Lipinski definition) is 1. The molecule has 1 atom stereocenters. The monoisotopic (exact) mass is 165 g/mol. The van der Waals surface area contributed by atoms with Gasteiger partial charge in [0.2, 0.25) is 0 Å². The van der Waals surface area contributed by atoms with Crippen molar-refractivity contribution in [2.75, 3.05) is 0 Å². The third-order valence-electron chi connectivity index (χ3n) is 3.02. The number of aryl methyl sites for hydroxylation is 1. The minimum atomic E-state index is -0.189. The van der Waals surface area contributed by atoms with E-state index in [1.807, 2.05) is 17.8 Å². The normalized spacial score (nSPS) is 32.0. The average molecular weight is 165 g/mol. The van der Waals surface area contributed by atoms with E-state index in [9.17, 15) is 0 Å². The van der Waals surface area contributed by atoms with Crippen LogP contribution in [0.4, 0.5) is 0 Å². The molecule has 66 valence electrons. The Bertz CT molecular complexity index is 313. The van der Waals surface area contributed by atoms with Crippen LogP contribution >= 0.6 is 0 Å². The summed E-state index contributed by atoms with van der Waals surface area (Å²) in [5.41, 5.74) is 6.23. The van der Waals surface area contributed by atoms with E-state index in [4.69, 9.17) is 5.73 Å². The third kappa shape index (κ3) is 0.771. The lowest BCUT2D eigenvalue weighted by atomic mass is 10.1. The van der Waals surface area contributed by atoms with Gasteiger partial charge in [0.15, 0.2) is 0 Å². The summed E-state index contributed by atoms with van der Waals surface area (Å²) in [7, 11) is 1.99. The Morgan fingerprint density at radius 3 is 2.50 bits per heavy atom. The topological polar surface area (TPSA) is 43.8 Å². The highest BCUT2D eigenvalue weighted by Crippen LogP contribution is 2.59. The third-order valence-corrected chi connectivity index (χ3v) is 3.02. The molecule has 0 bridgehead atoms. The first-order chi connectivity index (χ1) is 5.47. The van der Waals surface area contributed by atoms with Crippen molar-refractivity contribution < 1.29 is 0 Å². The molecule has 1 unspecified atom stereocenters. The second-order valence-electron chi connectivity index (χ2n) is 4.39. The van der Waals surface area contributed by atoms with Crippen molar-refractivity contribution in [3.8, 4) is 0 Å². The fourth-order valence-corrected chi connectivity index (χ4v) is 1.83. The van der Waals surface area contributed by atoms with Gasteiger partial charge in [0.1, 0.15) is 5.82 Å². The van der Waals surface area contributed by atoms with E-state index < -0.39 is 0 Å². The smallest absolute Gasteiger partial charge is 0.129 e. The van der Waals surface area contributed by atoms with Gasteiger partial charge in [0, 0.05) is 19.4 Å². The van der Waals surface area contributed by atoms with Gasteiger partial charge in [0.05, 0.1) is 5.54 Å². The summed E-state index contributed by atoms with van der Waals surface area (Å²) in [6.07, 6.45) is 4.78. The lowest BCUT2D eigenvalue weighted by Gasteiger charge is -2.14. The predicted octanol–water partition coefficient (Wildman–Crippen LogP) is 1.00. The van der Waals surface area contributed by atoms with Gasteiger partial charge in [-0.15, -0.1) is 0 Å². The molecule has 0 spiro atoms. The molecule has 3 heteroatoms. The zero-order chi connectivity index (χ0) is 8.98. The van der Waals surface area contributed by atoms with Gasteiger partial charge in [-0.2, -0.15) is 0 Å². The Labute approximate surface area is 72.6 Å². The number of nitrogens with zero attached hydrogens (tertiary/aromatic N) is 2. The van der Waals surface area contributed by atoms with Crippen molar-refractivity contribution in [3.05, 3.63) is 18.2 Å². The highest BCUT2D eigenvalue weighted by molar-refractivity contribution is 5.25. The molecule has 0 aliphatic heterocycles. The summed E-state index contributed by atoms with van der Waals surface area (Å²) in [6, 6.07) is 0. The summed E-state index contributed by atoms with van der Waals surface area (Å²) >= 11 is 0. The minimum Gasteiger partial charge on any atom is -0.336 e. The van der Waals surface area contributed by atoms with Crippen molar-refractivity contribution in [2.45, 2.75) is 25.8 Å². The molecule has 3 nitrogen and oxygen atoms in total. The second-order valence-corrected chi connectivity index (χ2v) is 4.39. The average Bonchev–Trinajstić information content (AvgIpc) is 2.36. The predicted molar refractivity (Wildman–Crippen MR) is 47.5 cm³/mol. The van der Waals surface area contributed by atoms with Crippen molar-refractivity contribution >= 4 is 0 Å². The van der Waals surface area contributed by atoms with E-state index in [-0.39, 0.29) is 11.0 Å². The molecule has 1 aromatic heterocycles. The minimum absolute atomic E-state index is 0.189. The van der Waals surface area contributed by atoms with Crippen molar-refractivity contribution in [3.63, 3.8) is 0 Å². The summed E-state index contributed by atoms with van der Waals surface area (Å²) in [5, 5.41) is 0. The Hall–Kier alpha value is -0.830. The second kappa shape index (κ2) is 1.91. The van der Waals surface area contributed by atoms with Gasteiger partial charge in [-0.1, -0.05) is 13.8 Å². The number of aromatic nitrogens is 2. The van der Waals surface area contributed by atoms with Gasteiger partial charge in [0.25, 0.3) is 0 Å². The molecule has 2 N–H and O–H groups in total. The van der Waals surface area contributed by atoms with Crippen LogP contribution in [0.15, 0.2) is 12.4 Å². The fourth-order valence-electron chi connectivity index (χ4n) is 1.83. The van der Waals surface area contributed by atoms with Crippen molar-refractivity contribution in [1.82, 2.24) is 9.55 Å². The summed E-state index contributed by atoms with van der Waals surface area (Å²) in [5.74, 6) is 1.01. The molecule has 1 aromatic rings. The molecule has 0 saturated heterocycles. The van der Waals surface area contributed by atoms with Crippen LogP contribution in [-0.2, 0) is 12.6 Å². The largest absolute Gasteiger partial charge is 0.336 e. The first-order valence-electron chi connectivity index (χ1n) is 4.24. The summed E-state index contributed by atoms with van der Waals surface area (Å²) < 4.78 is 2.01. The molecular weight excluding hydrogens is 150 g/mol. The molecule has 1 aliphatic rings. The number of rotatable bonds is 1. The molecule has 0 radical (unpaired) electrons. The number of imidazole rings is 1. The fraction of sp³-hybridized carbons (Fsp3) is 0.667. The van der Waals surface area contributed by atoms with Crippen LogP contribution in [0.3, 0.4) is 0 Å². The molecule has 1 aliphatic carbocycles. The van der Waals surface area contributed by atoms with Crippen LogP contribution in [-0.4, -0.2) is 9.55 Å². The number of nitrogens with two attached hydrogens (primary N) is 1. The Morgan fingerprint density at radius 1 is 1.58 bits per heavy atom. The lowest BCUT2D eigenvalue weighted by molar-refractivity contribution is 0.476. The van der Waals surface area contributed by atoms with Gasteiger partial charge in [-0.25, -0.2) is 4.98 Å². The quantitative estimate of drug-likeness (QED) is 0.674. The van der Waals surface area contributed by atoms with E-state index in [1.54, 1.807) is 6.20 Å². The molecule has 0 aromatic carbocycles. The van der Waals surface area contributed by atoms with Crippen molar-refractivity contribution in [2.24, 2.45) is 18.2 Å². The zero-order valence-corrected chi connectivity index (χ0v) is 7.83. The van der Waals surface area contributed by atoms with E-state index in [0.717, 1.165) is 12.2 Å². The SMILES string of the molecule is Cn1ccnc1C1(N)CC1(C)C.